The maximum Gasteiger partial charge on any atom is 0.410 e. The van der Waals surface area contributed by atoms with E-state index in [4.69, 9.17) is 9.47 Å². The van der Waals surface area contributed by atoms with E-state index in [0.29, 0.717) is 6.61 Å². The zero-order chi connectivity index (χ0) is 15.7. The van der Waals surface area contributed by atoms with Crippen LogP contribution in [0.5, 0.6) is 0 Å². The number of carbonyl (C=O) groups is 1. The summed E-state index contributed by atoms with van der Waals surface area (Å²) in [4.78, 5) is 14.4. The van der Waals surface area contributed by atoms with Crippen molar-refractivity contribution < 1.29 is 14.3 Å². The third kappa shape index (κ3) is 3.63. The zero-order valence-electron chi connectivity index (χ0n) is 13.6. The van der Waals surface area contributed by atoms with E-state index in [9.17, 15) is 4.79 Å². The van der Waals surface area contributed by atoms with E-state index in [0.717, 1.165) is 25.7 Å². The number of fused-ring (bicyclic) bond motifs is 2. The molecule has 122 valence electrons. The summed E-state index contributed by atoms with van der Waals surface area (Å²) in [6, 6.07) is 2.66. The number of nitrogens with zero attached hydrogens (tertiary/aromatic N) is 1. The summed E-state index contributed by atoms with van der Waals surface area (Å²) in [5.74, 6) is 0. The van der Waals surface area contributed by atoms with Crippen LogP contribution in [-0.4, -0.2) is 34.8 Å². The normalized spacial score (nSPS) is 28.0. The summed E-state index contributed by atoms with van der Waals surface area (Å²) in [7, 11) is 0. The van der Waals surface area contributed by atoms with Gasteiger partial charge in [-0.05, 0) is 68.8 Å². The van der Waals surface area contributed by atoms with Crippen molar-refractivity contribution >= 4 is 17.4 Å². The third-order valence-corrected chi connectivity index (χ3v) is 5.09. The summed E-state index contributed by atoms with van der Waals surface area (Å²) in [5.41, 5.74) is 0.815. The van der Waals surface area contributed by atoms with E-state index in [2.05, 4.69) is 16.8 Å². The first-order valence-electron chi connectivity index (χ1n) is 8.06. The van der Waals surface area contributed by atoms with E-state index in [1.807, 2.05) is 25.7 Å². The Balaban J connectivity index is 1.56. The van der Waals surface area contributed by atoms with Crippen molar-refractivity contribution in [1.29, 1.82) is 0 Å². The van der Waals surface area contributed by atoms with Gasteiger partial charge in [0.1, 0.15) is 5.60 Å². The molecule has 2 aliphatic rings. The van der Waals surface area contributed by atoms with Crippen molar-refractivity contribution in [3.63, 3.8) is 0 Å². The van der Waals surface area contributed by atoms with Gasteiger partial charge in [0, 0.05) is 12.1 Å². The molecule has 0 radical (unpaired) electrons. The molecule has 1 aromatic rings. The molecule has 22 heavy (non-hydrogen) atoms. The Morgan fingerprint density at radius 1 is 1.32 bits per heavy atom. The topological polar surface area (TPSA) is 38.8 Å². The van der Waals surface area contributed by atoms with Crippen molar-refractivity contribution in [3.05, 3.63) is 22.4 Å². The molecule has 2 bridgehead atoms. The molecule has 0 unspecified atom stereocenters. The quantitative estimate of drug-likeness (QED) is 0.837. The van der Waals surface area contributed by atoms with Crippen molar-refractivity contribution in [1.82, 2.24) is 4.90 Å². The van der Waals surface area contributed by atoms with Crippen molar-refractivity contribution in [2.75, 3.05) is 0 Å². The molecule has 3 heterocycles. The predicted octanol–water partition coefficient (Wildman–Crippen LogP) is 4.20. The summed E-state index contributed by atoms with van der Waals surface area (Å²) >= 11 is 1.70. The average Bonchev–Trinajstić information content (AvgIpc) is 3.01. The van der Waals surface area contributed by atoms with Crippen LogP contribution in [0.15, 0.2) is 16.8 Å². The molecule has 1 aromatic heterocycles. The second-order valence-electron chi connectivity index (χ2n) is 7.31. The first-order valence-corrected chi connectivity index (χ1v) is 9.00. The van der Waals surface area contributed by atoms with Gasteiger partial charge < -0.3 is 14.4 Å². The second kappa shape index (κ2) is 6.20. The Morgan fingerprint density at radius 2 is 2.00 bits per heavy atom. The Kier molecular flexibility index (Phi) is 4.46. The minimum absolute atomic E-state index is 0.156. The minimum Gasteiger partial charge on any atom is -0.444 e. The SMILES string of the molecule is CC(C)(C)OC(=O)N1[C@@H]2CC[C@H]1C[C@@H](OCc1ccsc1)C2. The molecule has 0 aromatic carbocycles. The van der Waals surface area contributed by atoms with E-state index >= 15 is 0 Å². The molecule has 4 nitrogen and oxygen atoms in total. The number of piperidine rings is 1. The lowest BCUT2D eigenvalue weighted by molar-refractivity contribution is -0.0396. The first-order chi connectivity index (χ1) is 10.4. The maximum atomic E-state index is 12.4. The van der Waals surface area contributed by atoms with E-state index < -0.39 is 5.60 Å². The van der Waals surface area contributed by atoms with Gasteiger partial charge in [0.15, 0.2) is 0 Å². The van der Waals surface area contributed by atoms with Gasteiger partial charge in [0.05, 0.1) is 12.7 Å². The molecule has 1 amide bonds. The highest BCUT2D eigenvalue weighted by Gasteiger charge is 2.45. The van der Waals surface area contributed by atoms with Crippen LogP contribution in [0.25, 0.3) is 0 Å². The smallest absolute Gasteiger partial charge is 0.410 e. The molecule has 2 fully saturated rings. The van der Waals surface area contributed by atoms with E-state index in [-0.39, 0.29) is 24.3 Å². The monoisotopic (exact) mass is 323 g/mol. The molecule has 2 aliphatic heterocycles. The van der Waals surface area contributed by atoms with Gasteiger partial charge in [0.25, 0.3) is 0 Å². The summed E-state index contributed by atoms with van der Waals surface area (Å²) in [6.07, 6.45) is 4.11. The lowest BCUT2D eigenvalue weighted by Gasteiger charge is -2.39. The lowest BCUT2D eigenvalue weighted by atomic mass is 10.00. The third-order valence-electron chi connectivity index (χ3n) is 4.36. The molecule has 0 spiro atoms. The van der Waals surface area contributed by atoms with Crippen LogP contribution in [-0.2, 0) is 16.1 Å². The van der Waals surface area contributed by atoms with Crippen LogP contribution in [0.1, 0.15) is 52.0 Å². The zero-order valence-corrected chi connectivity index (χ0v) is 14.4. The van der Waals surface area contributed by atoms with Gasteiger partial charge in [-0.2, -0.15) is 11.3 Å². The number of ether oxygens (including phenoxy) is 2. The highest BCUT2D eigenvalue weighted by molar-refractivity contribution is 7.07. The molecule has 0 N–H and O–H groups in total. The van der Waals surface area contributed by atoms with Crippen LogP contribution in [0.4, 0.5) is 4.79 Å². The minimum atomic E-state index is -0.428. The molecule has 2 saturated heterocycles. The molecular formula is C17H25NO3S. The predicted molar refractivity (Wildman–Crippen MR) is 87.0 cm³/mol. The van der Waals surface area contributed by atoms with Crippen molar-refractivity contribution in [3.8, 4) is 0 Å². The first kappa shape index (κ1) is 15.8. The fourth-order valence-electron chi connectivity index (χ4n) is 3.46. The average molecular weight is 323 g/mol. The Morgan fingerprint density at radius 3 is 2.55 bits per heavy atom. The van der Waals surface area contributed by atoms with E-state index in [1.165, 1.54) is 5.56 Å². The largest absolute Gasteiger partial charge is 0.444 e. The Labute approximate surface area is 136 Å². The molecule has 0 saturated carbocycles. The highest BCUT2D eigenvalue weighted by Crippen LogP contribution is 2.38. The van der Waals surface area contributed by atoms with Crippen LogP contribution in [0, 0.1) is 0 Å². The number of hydrogen-bond donors (Lipinski definition) is 0. The fraction of sp³-hybridized carbons (Fsp3) is 0.706. The van der Waals surface area contributed by atoms with Crippen LogP contribution < -0.4 is 0 Å². The highest BCUT2D eigenvalue weighted by atomic mass is 32.1. The van der Waals surface area contributed by atoms with E-state index in [1.54, 1.807) is 11.3 Å². The number of rotatable bonds is 3. The summed E-state index contributed by atoms with van der Waals surface area (Å²) < 4.78 is 11.6. The Hall–Kier alpha value is -1.07. The van der Waals surface area contributed by atoms with Gasteiger partial charge in [0.2, 0.25) is 0 Å². The van der Waals surface area contributed by atoms with Gasteiger partial charge in [-0.25, -0.2) is 4.79 Å². The number of thiophene rings is 1. The lowest BCUT2D eigenvalue weighted by Crippen LogP contribution is -2.50. The summed E-state index contributed by atoms with van der Waals surface area (Å²) in [5, 5.41) is 4.21. The molecule has 5 heteroatoms. The van der Waals surface area contributed by atoms with Gasteiger partial charge in [-0.15, -0.1) is 0 Å². The van der Waals surface area contributed by atoms with Gasteiger partial charge in [-0.1, -0.05) is 0 Å². The molecular weight excluding hydrogens is 298 g/mol. The number of amides is 1. The molecule has 0 aliphatic carbocycles. The van der Waals surface area contributed by atoms with Gasteiger partial charge in [-0.3, -0.25) is 0 Å². The molecule has 3 atom stereocenters. The van der Waals surface area contributed by atoms with Crippen molar-refractivity contribution in [2.24, 2.45) is 0 Å². The molecule has 3 rings (SSSR count). The number of hydrogen-bond acceptors (Lipinski definition) is 4. The van der Waals surface area contributed by atoms with Crippen LogP contribution >= 0.6 is 11.3 Å². The fourth-order valence-corrected chi connectivity index (χ4v) is 4.12. The van der Waals surface area contributed by atoms with Crippen LogP contribution in [0.3, 0.4) is 0 Å². The standard InChI is InChI=1S/C17H25NO3S/c1-17(2,3)21-16(19)18-13-4-5-14(18)9-15(8-13)20-10-12-6-7-22-11-12/h6-7,11,13-15H,4-5,8-10H2,1-3H3/t13-,14+,15+. The second-order valence-corrected chi connectivity index (χ2v) is 8.09. The van der Waals surface area contributed by atoms with Crippen LogP contribution in [0.2, 0.25) is 0 Å². The van der Waals surface area contributed by atoms with Crippen molar-refractivity contribution in [2.45, 2.75) is 76.9 Å². The number of carbonyl (C=O) groups excluding carboxylic acids is 1. The Bertz CT molecular complexity index is 494. The van der Waals surface area contributed by atoms with Gasteiger partial charge >= 0.3 is 6.09 Å². The summed E-state index contributed by atoms with van der Waals surface area (Å²) in [6.45, 7) is 6.44. The maximum absolute atomic E-state index is 12.4.